The van der Waals surface area contributed by atoms with Crippen molar-refractivity contribution in [1.82, 2.24) is 4.90 Å². The van der Waals surface area contributed by atoms with Gasteiger partial charge < -0.3 is 14.4 Å². The van der Waals surface area contributed by atoms with Crippen LogP contribution in [0, 0.1) is 23.6 Å². The standard InChI is InChI=1S/C23H22FNO3/c24-19-3-1-2-16(9-19)12-25(23(26)20-10-15-4-6-18(20)8-15)13-17-5-7-21-22(11-17)28-14-27-21/h1-7,9,11,15,18,20H,8,10,12-14H2/t15-,18+,20-/m1/s1. The molecule has 1 heterocycles. The van der Waals surface area contributed by atoms with E-state index in [9.17, 15) is 9.18 Å². The van der Waals surface area contributed by atoms with Crippen LogP contribution in [0.5, 0.6) is 11.5 Å². The summed E-state index contributed by atoms with van der Waals surface area (Å²) in [4.78, 5) is 15.3. The van der Waals surface area contributed by atoms with E-state index >= 15 is 0 Å². The van der Waals surface area contributed by atoms with Gasteiger partial charge >= 0.3 is 0 Å². The van der Waals surface area contributed by atoms with Gasteiger partial charge in [0.15, 0.2) is 11.5 Å². The van der Waals surface area contributed by atoms with E-state index in [1.165, 1.54) is 12.1 Å². The van der Waals surface area contributed by atoms with E-state index in [2.05, 4.69) is 12.2 Å². The number of hydrogen-bond acceptors (Lipinski definition) is 3. The highest BCUT2D eigenvalue weighted by atomic mass is 19.1. The van der Waals surface area contributed by atoms with Gasteiger partial charge in [-0.2, -0.15) is 0 Å². The molecule has 3 atom stereocenters. The quantitative estimate of drug-likeness (QED) is 0.728. The molecule has 2 aromatic carbocycles. The molecule has 2 bridgehead atoms. The molecule has 5 rings (SSSR count). The van der Waals surface area contributed by atoms with Crippen molar-refractivity contribution in [3.05, 3.63) is 71.6 Å². The van der Waals surface area contributed by atoms with Gasteiger partial charge in [-0.3, -0.25) is 4.79 Å². The lowest BCUT2D eigenvalue weighted by atomic mass is 9.92. The highest BCUT2D eigenvalue weighted by molar-refractivity contribution is 5.80. The Morgan fingerprint density at radius 1 is 1.00 bits per heavy atom. The van der Waals surface area contributed by atoms with Crippen LogP contribution >= 0.6 is 0 Å². The van der Waals surface area contributed by atoms with Crippen molar-refractivity contribution in [3.8, 4) is 11.5 Å². The number of amides is 1. The topological polar surface area (TPSA) is 38.8 Å². The monoisotopic (exact) mass is 379 g/mol. The molecule has 2 aromatic rings. The minimum absolute atomic E-state index is 0.0255. The summed E-state index contributed by atoms with van der Waals surface area (Å²) < 4.78 is 24.5. The second kappa shape index (κ2) is 6.97. The van der Waals surface area contributed by atoms with Crippen molar-refractivity contribution in [2.24, 2.45) is 17.8 Å². The zero-order chi connectivity index (χ0) is 19.1. The van der Waals surface area contributed by atoms with E-state index in [4.69, 9.17) is 9.47 Å². The molecular weight excluding hydrogens is 357 g/mol. The van der Waals surface area contributed by atoms with Gasteiger partial charge in [-0.25, -0.2) is 4.39 Å². The highest BCUT2D eigenvalue weighted by Crippen LogP contribution is 2.44. The fourth-order valence-electron chi connectivity index (χ4n) is 4.63. The zero-order valence-corrected chi connectivity index (χ0v) is 15.5. The molecule has 0 saturated heterocycles. The van der Waals surface area contributed by atoms with Gasteiger partial charge in [0, 0.05) is 19.0 Å². The number of benzene rings is 2. The van der Waals surface area contributed by atoms with Gasteiger partial charge in [0.05, 0.1) is 0 Å². The highest BCUT2D eigenvalue weighted by Gasteiger charge is 2.41. The second-order valence-corrected chi connectivity index (χ2v) is 7.90. The normalized spacial score (nSPS) is 24.0. The van der Waals surface area contributed by atoms with Gasteiger partial charge in [0.1, 0.15) is 5.82 Å². The molecule has 28 heavy (non-hydrogen) atoms. The molecule has 0 spiro atoms. The molecule has 5 heteroatoms. The fraction of sp³-hybridized carbons (Fsp3) is 0.348. The number of carbonyl (C=O) groups excluding carboxylic acids is 1. The molecule has 0 aromatic heterocycles. The van der Waals surface area contributed by atoms with Crippen LogP contribution in [0.3, 0.4) is 0 Å². The maximum Gasteiger partial charge on any atom is 0.231 e. The van der Waals surface area contributed by atoms with Crippen LogP contribution in [-0.2, 0) is 17.9 Å². The zero-order valence-electron chi connectivity index (χ0n) is 15.5. The molecule has 0 radical (unpaired) electrons. The Balaban J connectivity index is 1.40. The van der Waals surface area contributed by atoms with E-state index in [0.29, 0.717) is 30.7 Å². The Bertz CT molecular complexity index is 941. The van der Waals surface area contributed by atoms with Gasteiger partial charge in [-0.15, -0.1) is 0 Å². The van der Waals surface area contributed by atoms with Gasteiger partial charge in [-0.1, -0.05) is 30.4 Å². The summed E-state index contributed by atoms with van der Waals surface area (Å²) >= 11 is 0. The van der Waals surface area contributed by atoms with Gasteiger partial charge in [-0.05, 0) is 60.1 Å². The maximum atomic E-state index is 13.7. The first-order valence-electron chi connectivity index (χ1n) is 9.76. The van der Waals surface area contributed by atoms with Crippen LogP contribution in [0.15, 0.2) is 54.6 Å². The Morgan fingerprint density at radius 2 is 1.82 bits per heavy atom. The SMILES string of the molecule is O=C([C@@H]1C[C@@H]2C=C[C@H]1C2)N(Cc1cccc(F)c1)Cc1ccc2c(c1)OCO2. The number of carbonyl (C=O) groups is 1. The predicted octanol–water partition coefficient (Wildman–Crippen LogP) is 4.30. The van der Waals surface area contributed by atoms with Gasteiger partial charge in [0.2, 0.25) is 12.7 Å². The third-order valence-electron chi connectivity index (χ3n) is 5.98. The van der Waals surface area contributed by atoms with Crippen LogP contribution in [0.25, 0.3) is 0 Å². The second-order valence-electron chi connectivity index (χ2n) is 7.90. The molecule has 0 N–H and O–H groups in total. The average Bonchev–Trinajstić information content (AvgIpc) is 3.43. The van der Waals surface area contributed by atoms with Crippen LogP contribution in [0.4, 0.5) is 4.39 Å². The molecule has 1 fully saturated rings. The number of allylic oxidation sites excluding steroid dienone is 2. The number of hydrogen-bond donors (Lipinski definition) is 0. The Labute approximate surface area is 163 Å². The molecule has 4 nitrogen and oxygen atoms in total. The molecule has 1 amide bonds. The van der Waals surface area contributed by atoms with E-state index in [1.807, 2.05) is 29.2 Å². The number of halogens is 1. The average molecular weight is 379 g/mol. The van der Waals surface area contributed by atoms with E-state index in [1.54, 1.807) is 6.07 Å². The molecule has 2 aliphatic carbocycles. The molecule has 0 unspecified atom stereocenters. The Morgan fingerprint density at radius 3 is 2.57 bits per heavy atom. The largest absolute Gasteiger partial charge is 0.454 e. The van der Waals surface area contributed by atoms with Gasteiger partial charge in [0.25, 0.3) is 0 Å². The summed E-state index contributed by atoms with van der Waals surface area (Å²) in [6.07, 6.45) is 6.43. The third-order valence-corrected chi connectivity index (χ3v) is 5.98. The van der Waals surface area contributed by atoms with E-state index in [0.717, 1.165) is 29.7 Å². The molecule has 1 saturated carbocycles. The Hall–Kier alpha value is -2.82. The van der Waals surface area contributed by atoms with E-state index in [-0.39, 0.29) is 24.4 Å². The van der Waals surface area contributed by atoms with Crippen LogP contribution < -0.4 is 9.47 Å². The lowest BCUT2D eigenvalue weighted by Crippen LogP contribution is -2.37. The number of ether oxygens (including phenoxy) is 2. The predicted molar refractivity (Wildman–Crippen MR) is 102 cm³/mol. The summed E-state index contributed by atoms with van der Waals surface area (Å²) in [6, 6.07) is 12.2. The molecular formula is C23H22FNO3. The van der Waals surface area contributed by atoms with Crippen molar-refractivity contribution in [2.45, 2.75) is 25.9 Å². The van der Waals surface area contributed by atoms with Crippen molar-refractivity contribution in [3.63, 3.8) is 0 Å². The summed E-state index contributed by atoms with van der Waals surface area (Å²) in [5.41, 5.74) is 1.78. The first-order chi connectivity index (χ1) is 13.7. The molecule has 1 aliphatic heterocycles. The summed E-state index contributed by atoms with van der Waals surface area (Å²) in [5.74, 6) is 2.19. The Kier molecular flexibility index (Phi) is 4.30. The summed E-state index contributed by atoms with van der Waals surface area (Å²) in [6.45, 7) is 1.08. The lowest BCUT2D eigenvalue weighted by Gasteiger charge is -2.28. The summed E-state index contributed by atoms with van der Waals surface area (Å²) in [7, 11) is 0. The smallest absolute Gasteiger partial charge is 0.231 e. The van der Waals surface area contributed by atoms with Crippen LogP contribution in [0.2, 0.25) is 0 Å². The van der Waals surface area contributed by atoms with Crippen molar-refractivity contribution >= 4 is 5.91 Å². The van der Waals surface area contributed by atoms with Crippen molar-refractivity contribution in [2.75, 3.05) is 6.79 Å². The summed E-state index contributed by atoms with van der Waals surface area (Å²) in [5, 5.41) is 0. The maximum absolute atomic E-state index is 13.7. The van der Waals surface area contributed by atoms with Crippen molar-refractivity contribution in [1.29, 1.82) is 0 Å². The first kappa shape index (κ1) is 17.3. The number of rotatable bonds is 5. The fourth-order valence-corrected chi connectivity index (χ4v) is 4.63. The molecule has 3 aliphatic rings. The minimum atomic E-state index is -0.282. The molecule has 144 valence electrons. The lowest BCUT2D eigenvalue weighted by molar-refractivity contribution is -0.137. The van der Waals surface area contributed by atoms with Crippen LogP contribution in [-0.4, -0.2) is 17.6 Å². The number of fused-ring (bicyclic) bond motifs is 3. The van der Waals surface area contributed by atoms with Crippen molar-refractivity contribution < 1.29 is 18.7 Å². The van der Waals surface area contributed by atoms with Crippen LogP contribution in [0.1, 0.15) is 24.0 Å². The minimum Gasteiger partial charge on any atom is -0.454 e. The van der Waals surface area contributed by atoms with E-state index < -0.39 is 0 Å². The third kappa shape index (κ3) is 3.26. The first-order valence-corrected chi connectivity index (χ1v) is 9.76. The number of nitrogens with zero attached hydrogens (tertiary/aromatic N) is 1.